The molecular weight excluding hydrogens is 280 g/mol. The molecule has 1 aliphatic rings. The fourth-order valence-corrected chi connectivity index (χ4v) is 1.89. The highest BCUT2D eigenvalue weighted by Gasteiger charge is 2.31. The molecule has 0 unspecified atom stereocenters. The van der Waals surface area contributed by atoms with E-state index in [0.29, 0.717) is 0 Å². The molecule has 1 aliphatic heterocycles. The van der Waals surface area contributed by atoms with Gasteiger partial charge < -0.3 is 15.4 Å². The van der Waals surface area contributed by atoms with Crippen LogP contribution in [0, 0.1) is 0 Å². The first kappa shape index (κ1) is 14.6. The zero-order chi connectivity index (χ0) is 14.8. The fourth-order valence-electron chi connectivity index (χ4n) is 1.89. The van der Waals surface area contributed by atoms with Gasteiger partial charge in [-0.15, -0.1) is 13.2 Å². The number of alkyl halides is 4. The molecule has 1 amide bonds. The van der Waals surface area contributed by atoms with Crippen LogP contribution in [0.15, 0.2) is 24.3 Å². The van der Waals surface area contributed by atoms with E-state index in [2.05, 4.69) is 15.4 Å². The number of hydrogen-bond donors (Lipinski definition) is 2. The Hall–Kier alpha value is -1.83. The molecule has 1 fully saturated rings. The third-order valence-corrected chi connectivity index (χ3v) is 2.73. The average Bonchev–Trinajstić information content (AvgIpc) is 2.74. The number of anilines is 1. The van der Waals surface area contributed by atoms with Crippen LogP contribution in [-0.4, -0.2) is 31.0 Å². The first-order valence-corrected chi connectivity index (χ1v) is 5.87. The van der Waals surface area contributed by atoms with Gasteiger partial charge in [-0.05, 0) is 12.1 Å². The van der Waals surface area contributed by atoms with Crippen LogP contribution in [0.2, 0.25) is 0 Å². The van der Waals surface area contributed by atoms with Crippen molar-refractivity contribution in [3.8, 4) is 5.75 Å². The van der Waals surface area contributed by atoms with Gasteiger partial charge in [0, 0.05) is 24.7 Å². The molecule has 4 nitrogen and oxygen atoms in total. The third kappa shape index (κ3) is 4.09. The summed E-state index contributed by atoms with van der Waals surface area (Å²) < 4.78 is 52.9. The number of nitrogens with one attached hydrogen (secondary N) is 2. The summed E-state index contributed by atoms with van der Waals surface area (Å²) in [4.78, 5) is 11.8. The normalized spacial score (nSPS) is 22.6. The van der Waals surface area contributed by atoms with E-state index in [1.807, 2.05) is 0 Å². The zero-order valence-electron chi connectivity index (χ0n) is 10.2. The van der Waals surface area contributed by atoms with Crippen LogP contribution < -0.4 is 15.4 Å². The number of rotatable bonds is 3. The summed E-state index contributed by atoms with van der Waals surface area (Å²) in [7, 11) is 0. The summed E-state index contributed by atoms with van der Waals surface area (Å²) in [6.07, 6.45) is -5.84. The van der Waals surface area contributed by atoms with Crippen LogP contribution in [0.3, 0.4) is 0 Å². The summed E-state index contributed by atoms with van der Waals surface area (Å²) in [5.74, 6) is -0.924. The maximum absolute atomic E-state index is 12.9. The molecule has 2 rings (SSSR count). The molecule has 1 aromatic rings. The Morgan fingerprint density at radius 1 is 1.40 bits per heavy atom. The molecule has 0 spiro atoms. The van der Waals surface area contributed by atoms with E-state index in [-0.39, 0.29) is 18.7 Å². The van der Waals surface area contributed by atoms with E-state index in [1.165, 1.54) is 12.1 Å². The number of carbonyl (C=O) groups is 1. The predicted molar refractivity (Wildman–Crippen MR) is 63.1 cm³/mol. The Morgan fingerprint density at radius 3 is 2.75 bits per heavy atom. The van der Waals surface area contributed by atoms with Gasteiger partial charge in [-0.1, -0.05) is 6.07 Å². The molecule has 1 heterocycles. The van der Waals surface area contributed by atoms with Crippen LogP contribution in [-0.2, 0) is 4.79 Å². The van der Waals surface area contributed by atoms with Gasteiger partial charge in [0.05, 0.1) is 6.04 Å². The number of hydrogen-bond acceptors (Lipinski definition) is 3. The lowest BCUT2D eigenvalue weighted by atomic mass is 10.2. The maximum Gasteiger partial charge on any atom is 0.573 e. The molecule has 1 aromatic carbocycles. The summed E-state index contributed by atoms with van der Waals surface area (Å²) >= 11 is 0. The fraction of sp³-hybridized carbons (Fsp3) is 0.417. The van der Waals surface area contributed by atoms with Crippen molar-refractivity contribution in [3.05, 3.63) is 24.3 Å². The minimum Gasteiger partial charge on any atom is -0.406 e. The SMILES string of the molecule is O=C(Nc1cccc(OC(F)(F)F)c1)[C@@H]1C[C@H](F)CN1. The second kappa shape index (κ2) is 5.66. The van der Waals surface area contributed by atoms with Crippen LogP contribution in [0.4, 0.5) is 23.2 Å². The van der Waals surface area contributed by atoms with E-state index in [9.17, 15) is 22.4 Å². The lowest BCUT2D eigenvalue weighted by Gasteiger charge is -2.13. The van der Waals surface area contributed by atoms with E-state index < -0.39 is 30.2 Å². The molecule has 0 saturated carbocycles. The second-order valence-corrected chi connectivity index (χ2v) is 4.36. The summed E-state index contributed by atoms with van der Waals surface area (Å²) in [6, 6.07) is 4.22. The van der Waals surface area contributed by atoms with E-state index in [4.69, 9.17) is 0 Å². The molecule has 0 aliphatic carbocycles. The van der Waals surface area contributed by atoms with E-state index in [1.54, 1.807) is 0 Å². The van der Waals surface area contributed by atoms with Gasteiger partial charge in [-0.2, -0.15) is 0 Å². The van der Waals surface area contributed by atoms with Crippen LogP contribution >= 0.6 is 0 Å². The number of amides is 1. The van der Waals surface area contributed by atoms with E-state index >= 15 is 0 Å². The molecular formula is C12H12F4N2O2. The van der Waals surface area contributed by atoms with Gasteiger partial charge in [0.15, 0.2) is 0 Å². The van der Waals surface area contributed by atoms with E-state index in [0.717, 1.165) is 12.1 Å². The third-order valence-electron chi connectivity index (χ3n) is 2.73. The topological polar surface area (TPSA) is 50.4 Å². The molecule has 2 atom stereocenters. The van der Waals surface area contributed by atoms with Crippen LogP contribution in [0.25, 0.3) is 0 Å². The highest BCUT2D eigenvalue weighted by Crippen LogP contribution is 2.25. The lowest BCUT2D eigenvalue weighted by Crippen LogP contribution is -2.35. The van der Waals surface area contributed by atoms with Crippen molar-refractivity contribution in [2.75, 3.05) is 11.9 Å². The van der Waals surface area contributed by atoms with Crippen molar-refractivity contribution >= 4 is 11.6 Å². The summed E-state index contributed by atoms with van der Waals surface area (Å²) in [5.41, 5.74) is 0.154. The molecule has 8 heteroatoms. The molecule has 110 valence electrons. The first-order valence-electron chi connectivity index (χ1n) is 5.87. The standard InChI is InChI=1S/C12H12F4N2O2/c13-7-4-10(17-6-7)11(19)18-8-2-1-3-9(5-8)20-12(14,15)16/h1-3,5,7,10,17H,4,6H2,(H,18,19)/t7-,10-/m0/s1. The Kier molecular flexibility index (Phi) is 4.12. The molecule has 2 N–H and O–H groups in total. The van der Waals surface area contributed by atoms with Gasteiger partial charge in [-0.25, -0.2) is 4.39 Å². The van der Waals surface area contributed by atoms with Gasteiger partial charge in [0.2, 0.25) is 5.91 Å². The Labute approximate surface area is 112 Å². The van der Waals surface area contributed by atoms with Crippen molar-refractivity contribution in [1.82, 2.24) is 5.32 Å². The maximum atomic E-state index is 12.9. The summed E-state index contributed by atoms with van der Waals surface area (Å²) in [5, 5.41) is 5.10. The monoisotopic (exact) mass is 292 g/mol. The Balaban J connectivity index is 1.99. The van der Waals surface area contributed by atoms with Crippen molar-refractivity contribution in [2.24, 2.45) is 0 Å². The van der Waals surface area contributed by atoms with Crippen LogP contribution in [0.1, 0.15) is 6.42 Å². The summed E-state index contributed by atoms with van der Waals surface area (Å²) in [6.45, 7) is 0.0926. The lowest BCUT2D eigenvalue weighted by molar-refractivity contribution is -0.274. The number of ether oxygens (including phenoxy) is 1. The van der Waals surface area contributed by atoms with Gasteiger partial charge in [0.1, 0.15) is 11.9 Å². The predicted octanol–water partition coefficient (Wildman–Crippen LogP) is 2.22. The van der Waals surface area contributed by atoms with Crippen molar-refractivity contribution in [1.29, 1.82) is 0 Å². The smallest absolute Gasteiger partial charge is 0.406 e. The van der Waals surface area contributed by atoms with Crippen molar-refractivity contribution in [2.45, 2.75) is 25.0 Å². The molecule has 20 heavy (non-hydrogen) atoms. The van der Waals surface area contributed by atoms with Gasteiger partial charge in [-0.3, -0.25) is 4.79 Å². The van der Waals surface area contributed by atoms with Gasteiger partial charge >= 0.3 is 6.36 Å². The number of benzene rings is 1. The van der Waals surface area contributed by atoms with Gasteiger partial charge in [0.25, 0.3) is 0 Å². The van der Waals surface area contributed by atoms with Crippen molar-refractivity contribution < 1.29 is 27.1 Å². The number of carbonyl (C=O) groups excluding carboxylic acids is 1. The highest BCUT2D eigenvalue weighted by molar-refractivity contribution is 5.95. The molecule has 0 bridgehead atoms. The number of halogens is 4. The molecule has 1 saturated heterocycles. The quantitative estimate of drug-likeness (QED) is 0.840. The first-order chi connectivity index (χ1) is 9.33. The van der Waals surface area contributed by atoms with Crippen LogP contribution in [0.5, 0.6) is 5.75 Å². The minimum atomic E-state index is -4.79. The minimum absolute atomic E-state index is 0.0462. The highest BCUT2D eigenvalue weighted by atomic mass is 19.4. The molecule has 0 aromatic heterocycles. The average molecular weight is 292 g/mol. The molecule has 0 radical (unpaired) electrons. The zero-order valence-corrected chi connectivity index (χ0v) is 10.2. The Morgan fingerprint density at radius 2 is 2.15 bits per heavy atom. The second-order valence-electron chi connectivity index (χ2n) is 4.36. The Bertz CT molecular complexity index is 493. The van der Waals surface area contributed by atoms with Crippen molar-refractivity contribution in [3.63, 3.8) is 0 Å². The largest absolute Gasteiger partial charge is 0.573 e.